The van der Waals surface area contributed by atoms with Gasteiger partial charge in [0.05, 0.1) is 31.5 Å². The van der Waals surface area contributed by atoms with E-state index >= 15 is 0 Å². The minimum Gasteiger partial charge on any atom is -0.496 e. The summed E-state index contributed by atoms with van der Waals surface area (Å²) in [6, 6.07) is 21.9. The van der Waals surface area contributed by atoms with Crippen molar-refractivity contribution >= 4 is 17.7 Å². The molecule has 0 saturated carbocycles. The van der Waals surface area contributed by atoms with Gasteiger partial charge in [-0.15, -0.1) is 0 Å². The molecule has 3 aromatic carbocycles. The summed E-state index contributed by atoms with van der Waals surface area (Å²) in [5, 5.41) is 6.04. The Balaban J connectivity index is 1.30. The third-order valence-corrected chi connectivity index (χ3v) is 8.87. The van der Waals surface area contributed by atoms with Gasteiger partial charge in [-0.25, -0.2) is 0 Å². The van der Waals surface area contributed by atoms with E-state index in [2.05, 4.69) is 15.6 Å². The number of benzene rings is 3. The van der Waals surface area contributed by atoms with Crippen LogP contribution in [0.3, 0.4) is 0 Å². The van der Waals surface area contributed by atoms with Gasteiger partial charge >= 0.3 is 0 Å². The van der Waals surface area contributed by atoms with Crippen LogP contribution >= 0.6 is 0 Å². The molecule has 11 nitrogen and oxygen atoms in total. The molecule has 11 heteroatoms. The molecule has 0 aliphatic carbocycles. The minimum absolute atomic E-state index is 0.112. The number of carbonyl (C=O) groups is 3. The predicted octanol–water partition coefficient (Wildman–Crippen LogP) is 4.49. The van der Waals surface area contributed by atoms with Crippen LogP contribution in [0.1, 0.15) is 40.0 Å². The van der Waals surface area contributed by atoms with Crippen molar-refractivity contribution in [2.45, 2.75) is 44.9 Å². The number of hydrogen-bond acceptors (Lipinski definition) is 8. The van der Waals surface area contributed by atoms with E-state index < -0.39 is 12.1 Å². The average molecular weight is 665 g/mol. The second-order valence-electron chi connectivity index (χ2n) is 12.1. The molecule has 3 aliphatic heterocycles. The Morgan fingerprint density at radius 3 is 2.55 bits per heavy atom. The number of likely N-dealkylation sites (tertiary alicyclic amines) is 1. The molecule has 3 amide bonds. The van der Waals surface area contributed by atoms with Crippen LogP contribution in [0.2, 0.25) is 0 Å². The highest BCUT2D eigenvalue weighted by molar-refractivity contribution is 6.02. The Kier molecular flexibility index (Phi) is 10.3. The predicted molar refractivity (Wildman–Crippen MR) is 183 cm³/mol. The van der Waals surface area contributed by atoms with Crippen LogP contribution in [0.5, 0.6) is 23.0 Å². The summed E-state index contributed by atoms with van der Waals surface area (Å²) in [4.78, 5) is 46.6. The number of hydrogen-bond donors (Lipinski definition) is 2. The van der Waals surface area contributed by atoms with Crippen molar-refractivity contribution in [2.24, 2.45) is 0 Å². The van der Waals surface area contributed by atoms with E-state index in [0.29, 0.717) is 53.6 Å². The lowest BCUT2D eigenvalue weighted by atomic mass is 9.96. The van der Waals surface area contributed by atoms with Crippen LogP contribution in [0.4, 0.5) is 0 Å². The Bertz CT molecular complexity index is 1830. The average Bonchev–Trinajstić information content (AvgIpc) is 3.12. The summed E-state index contributed by atoms with van der Waals surface area (Å²) in [6.45, 7) is 2.44. The number of ether oxygens (including phenoxy) is 4. The van der Waals surface area contributed by atoms with Gasteiger partial charge in [0.1, 0.15) is 17.6 Å². The summed E-state index contributed by atoms with van der Waals surface area (Å²) < 4.78 is 23.5. The number of pyridine rings is 1. The first-order valence-electron chi connectivity index (χ1n) is 16.3. The van der Waals surface area contributed by atoms with Crippen molar-refractivity contribution in [3.05, 3.63) is 101 Å². The van der Waals surface area contributed by atoms with E-state index in [1.165, 1.54) is 7.11 Å². The van der Waals surface area contributed by atoms with E-state index in [-0.39, 0.29) is 43.8 Å². The summed E-state index contributed by atoms with van der Waals surface area (Å²) in [5.41, 5.74) is 4.53. The number of fused-ring (bicyclic) bond motifs is 9. The number of methoxy groups -OCH3 is 2. The SMILES string of the molecule is COc1cc2ccc1CNC(=O)CCc1ccc(OC)c(c1)OCC(=O)N[C@@H]1CN(C(=O)c3c(-c4ccccc4)ccnc3C)CC[C@@H]1O2. The van der Waals surface area contributed by atoms with Gasteiger partial charge < -0.3 is 34.5 Å². The lowest BCUT2D eigenvalue weighted by Gasteiger charge is -2.39. The smallest absolute Gasteiger partial charge is 0.258 e. The highest BCUT2D eigenvalue weighted by atomic mass is 16.5. The molecule has 1 aromatic heterocycles. The molecule has 0 unspecified atom stereocenters. The molecule has 4 heterocycles. The molecule has 0 spiro atoms. The minimum atomic E-state index is -0.564. The van der Waals surface area contributed by atoms with E-state index in [1.54, 1.807) is 36.4 Å². The van der Waals surface area contributed by atoms with Crippen molar-refractivity contribution < 1.29 is 33.3 Å². The zero-order valence-electron chi connectivity index (χ0n) is 27.9. The second kappa shape index (κ2) is 15.1. The van der Waals surface area contributed by atoms with Crippen LogP contribution < -0.4 is 29.6 Å². The number of nitrogens with one attached hydrogen (secondary N) is 2. The zero-order chi connectivity index (χ0) is 34.3. The monoisotopic (exact) mass is 664 g/mol. The largest absolute Gasteiger partial charge is 0.496 e. The number of piperidine rings is 1. The maximum Gasteiger partial charge on any atom is 0.258 e. The van der Waals surface area contributed by atoms with E-state index in [4.69, 9.17) is 18.9 Å². The van der Waals surface area contributed by atoms with Crippen LogP contribution in [0.15, 0.2) is 79.0 Å². The van der Waals surface area contributed by atoms with Crippen molar-refractivity contribution in [2.75, 3.05) is 33.9 Å². The second-order valence-corrected chi connectivity index (χ2v) is 12.1. The Morgan fingerprint density at radius 1 is 0.939 bits per heavy atom. The molecule has 49 heavy (non-hydrogen) atoms. The van der Waals surface area contributed by atoms with Gasteiger partial charge in [0, 0.05) is 50.3 Å². The highest BCUT2D eigenvalue weighted by Gasteiger charge is 2.36. The molecule has 2 atom stereocenters. The fourth-order valence-corrected chi connectivity index (χ4v) is 6.29. The summed E-state index contributed by atoms with van der Waals surface area (Å²) >= 11 is 0. The Hall–Kier alpha value is -5.58. The van der Waals surface area contributed by atoms with Gasteiger partial charge in [-0.05, 0) is 60.4 Å². The fourth-order valence-electron chi connectivity index (χ4n) is 6.29. The quantitative estimate of drug-likeness (QED) is 0.327. The standard InChI is InChI=1S/C38H40N4O7/c1-24-37(29(15-17-39-24)26-7-5-4-6-8-26)38(45)42-18-16-31-30(22-42)41-36(44)23-48-34-19-25(9-13-32(34)46-2)10-14-35(43)40-21-27-11-12-28(49-31)20-33(27)47-3/h4-9,11-13,15,17,19-20,30-31H,10,14,16,18,21-23H2,1-3H3,(H,40,43)(H,41,44)/t30-,31+/m1/s1. The van der Waals surface area contributed by atoms with Gasteiger partial charge in [0.25, 0.3) is 11.8 Å². The molecule has 254 valence electrons. The number of rotatable bonds is 4. The molecule has 4 bridgehead atoms. The number of aryl methyl sites for hydroxylation is 2. The van der Waals surface area contributed by atoms with Crippen LogP contribution in [-0.4, -0.2) is 73.7 Å². The van der Waals surface area contributed by atoms with Crippen LogP contribution in [-0.2, 0) is 22.6 Å². The molecule has 0 radical (unpaired) electrons. The topological polar surface area (TPSA) is 128 Å². The normalized spacial score (nSPS) is 18.3. The Morgan fingerprint density at radius 2 is 1.76 bits per heavy atom. The number of nitrogens with zero attached hydrogens (tertiary/aromatic N) is 2. The van der Waals surface area contributed by atoms with Crippen molar-refractivity contribution in [1.29, 1.82) is 0 Å². The lowest BCUT2D eigenvalue weighted by Crippen LogP contribution is -2.58. The third-order valence-electron chi connectivity index (χ3n) is 8.87. The molecule has 2 N–H and O–H groups in total. The zero-order valence-corrected chi connectivity index (χ0v) is 27.9. The fraction of sp³-hybridized carbons (Fsp3) is 0.316. The first-order chi connectivity index (χ1) is 23.8. The highest BCUT2D eigenvalue weighted by Crippen LogP contribution is 2.31. The molecular formula is C38H40N4O7. The summed E-state index contributed by atoms with van der Waals surface area (Å²) in [5.74, 6) is 1.31. The maximum absolute atomic E-state index is 14.2. The van der Waals surface area contributed by atoms with Gasteiger partial charge in [-0.3, -0.25) is 19.4 Å². The molecule has 7 rings (SSSR count). The molecule has 4 aromatic rings. The summed E-state index contributed by atoms with van der Waals surface area (Å²) in [7, 11) is 3.10. The number of aromatic nitrogens is 1. The third kappa shape index (κ3) is 7.77. The summed E-state index contributed by atoms with van der Waals surface area (Å²) in [6.07, 6.45) is 2.43. The van der Waals surface area contributed by atoms with Crippen LogP contribution in [0, 0.1) is 6.92 Å². The van der Waals surface area contributed by atoms with Gasteiger partial charge in [-0.2, -0.15) is 0 Å². The van der Waals surface area contributed by atoms with Gasteiger partial charge in [-0.1, -0.05) is 36.4 Å². The lowest BCUT2D eigenvalue weighted by molar-refractivity contribution is -0.125. The Labute approximate surface area is 285 Å². The van der Waals surface area contributed by atoms with Gasteiger partial charge in [0.2, 0.25) is 5.91 Å². The van der Waals surface area contributed by atoms with Crippen molar-refractivity contribution in [3.63, 3.8) is 0 Å². The van der Waals surface area contributed by atoms with E-state index in [9.17, 15) is 14.4 Å². The molecule has 3 aliphatic rings. The molecule has 1 saturated heterocycles. The van der Waals surface area contributed by atoms with Gasteiger partial charge in [0.15, 0.2) is 18.1 Å². The maximum atomic E-state index is 14.2. The van der Waals surface area contributed by atoms with E-state index in [1.807, 2.05) is 61.5 Å². The van der Waals surface area contributed by atoms with E-state index in [0.717, 1.165) is 22.3 Å². The van der Waals surface area contributed by atoms with Crippen molar-refractivity contribution in [1.82, 2.24) is 20.5 Å². The number of carbonyl (C=O) groups excluding carboxylic acids is 3. The van der Waals surface area contributed by atoms with Crippen molar-refractivity contribution in [3.8, 4) is 34.1 Å². The molecule has 1 fully saturated rings. The van der Waals surface area contributed by atoms with Crippen LogP contribution in [0.25, 0.3) is 11.1 Å². The first kappa shape index (κ1) is 33.3. The first-order valence-corrected chi connectivity index (χ1v) is 16.3. The molecular weight excluding hydrogens is 624 g/mol. The number of amides is 3.